The molecular weight excluding hydrogens is 325 g/mol. The second-order valence-corrected chi connectivity index (χ2v) is 5.19. The van der Waals surface area contributed by atoms with Crippen LogP contribution in [0.25, 0.3) is 11.1 Å². The molecule has 20 heavy (non-hydrogen) atoms. The van der Waals surface area contributed by atoms with Gasteiger partial charge in [0.2, 0.25) is 5.56 Å². The van der Waals surface area contributed by atoms with E-state index in [1.807, 2.05) is 0 Å². The molecule has 2 N–H and O–H groups in total. The molecule has 0 atom stereocenters. The Balaban J connectivity index is 2.66. The number of benzene rings is 1. The molecule has 2 aromatic rings. The van der Waals surface area contributed by atoms with Gasteiger partial charge in [0.1, 0.15) is 0 Å². The average molecular weight is 333 g/mol. The summed E-state index contributed by atoms with van der Waals surface area (Å²) < 4.78 is 0. The lowest BCUT2D eigenvalue weighted by Crippen LogP contribution is -2.10. The van der Waals surface area contributed by atoms with Gasteiger partial charge in [-0.25, -0.2) is 0 Å². The molecule has 0 saturated heterocycles. The van der Waals surface area contributed by atoms with E-state index < -0.39 is 5.97 Å². The number of aliphatic carboxylic acids is 1. The molecule has 0 amide bonds. The number of halogens is 3. The fourth-order valence-electron chi connectivity index (χ4n) is 1.81. The first-order valence-electron chi connectivity index (χ1n) is 5.47. The van der Waals surface area contributed by atoms with E-state index in [0.717, 1.165) is 0 Å². The molecule has 0 aliphatic carbocycles. The summed E-state index contributed by atoms with van der Waals surface area (Å²) >= 11 is 17.9. The van der Waals surface area contributed by atoms with Crippen LogP contribution >= 0.6 is 34.8 Å². The van der Waals surface area contributed by atoms with E-state index in [0.29, 0.717) is 21.7 Å². The number of rotatable bonds is 3. The van der Waals surface area contributed by atoms with Crippen LogP contribution in [0, 0.1) is 0 Å². The third-order valence-corrected chi connectivity index (χ3v) is 3.97. The summed E-state index contributed by atoms with van der Waals surface area (Å²) in [6.45, 7) is 0. The van der Waals surface area contributed by atoms with Crippen LogP contribution in [0.2, 0.25) is 15.1 Å². The van der Waals surface area contributed by atoms with E-state index in [9.17, 15) is 9.59 Å². The van der Waals surface area contributed by atoms with Crippen molar-refractivity contribution in [3.63, 3.8) is 0 Å². The van der Waals surface area contributed by atoms with E-state index >= 15 is 0 Å². The van der Waals surface area contributed by atoms with Gasteiger partial charge in [0, 0.05) is 23.4 Å². The van der Waals surface area contributed by atoms with Crippen molar-refractivity contribution in [2.24, 2.45) is 0 Å². The first kappa shape index (κ1) is 14.9. The molecule has 0 radical (unpaired) electrons. The Morgan fingerprint density at radius 1 is 1.15 bits per heavy atom. The van der Waals surface area contributed by atoms with Crippen molar-refractivity contribution in [2.75, 3.05) is 0 Å². The highest BCUT2D eigenvalue weighted by atomic mass is 35.5. The zero-order valence-corrected chi connectivity index (χ0v) is 12.2. The van der Waals surface area contributed by atoms with Crippen LogP contribution in [0.3, 0.4) is 0 Å². The van der Waals surface area contributed by atoms with Crippen LogP contribution in [0.5, 0.6) is 0 Å². The van der Waals surface area contributed by atoms with E-state index in [4.69, 9.17) is 39.9 Å². The van der Waals surface area contributed by atoms with Gasteiger partial charge >= 0.3 is 5.97 Å². The zero-order chi connectivity index (χ0) is 14.9. The zero-order valence-electron chi connectivity index (χ0n) is 9.91. The van der Waals surface area contributed by atoms with E-state index in [1.165, 1.54) is 12.3 Å². The fourth-order valence-corrected chi connectivity index (χ4v) is 2.44. The van der Waals surface area contributed by atoms with Crippen LogP contribution in [0.1, 0.15) is 5.56 Å². The highest BCUT2D eigenvalue weighted by molar-refractivity contribution is 6.49. The summed E-state index contributed by atoms with van der Waals surface area (Å²) in [4.78, 5) is 24.7. The maximum Gasteiger partial charge on any atom is 0.307 e. The third-order valence-electron chi connectivity index (χ3n) is 2.68. The minimum atomic E-state index is -1.05. The molecule has 0 bridgehead atoms. The van der Waals surface area contributed by atoms with Gasteiger partial charge in [0.15, 0.2) is 0 Å². The topological polar surface area (TPSA) is 70.2 Å². The van der Waals surface area contributed by atoms with Gasteiger partial charge < -0.3 is 10.1 Å². The number of aromatic nitrogens is 1. The van der Waals surface area contributed by atoms with Crippen molar-refractivity contribution in [2.45, 2.75) is 6.42 Å². The Labute approximate surface area is 128 Å². The molecule has 0 saturated carbocycles. The van der Waals surface area contributed by atoms with Gasteiger partial charge in [-0.15, -0.1) is 0 Å². The van der Waals surface area contributed by atoms with Crippen molar-refractivity contribution in [1.82, 2.24) is 4.98 Å². The number of aromatic amines is 1. The van der Waals surface area contributed by atoms with Crippen molar-refractivity contribution < 1.29 is 9.90 Å². The van der Waals surface area contributed by atoms with Crippen LogP contribution in [0.4, 0.5) is 0 Å². The number of carbonyl (C=O) groups is 1. The molecule has 0 fully saturated rings. The Bertz CT molecular complexity index is 740. The van der Waals surface area contributed by atoms with Gasteiger partial charge in [0.05, 0.1) is 21.5 Å². The van der Waals surface area contributed by atoms with E-state index in [-0.39, 0.29) is 22.0 Å². The summed E-state index contributed by atoms with van der Waals surface area (Å²) in [5, 5.41) is 9.59. The molecule has 4 nitrogen and oxygen atoms in total. The fraction of sp³-hybridized carbons (Fsp3) is 0.0769. The molecule has 0 aliphatic heterocycles. The molecule has 0 aliphatic rings. The van der Waals surface area contributed by atoms with Gasteiger partial charge in [-0.3, -0.25) is 9.59 Å². The summed E-state index contributed by atoms with van der Waals surface area (Å²) in [6, 6.07) is 4.40. The third kappa shape index (κ3) is 2.98. The molecular formula is C13H8Cl3NO3. The normalized spacial score (nSPS) is 10.6. The molecule has 1 aromatic heterocycles. The van der Waals surface area contributed by atoms with Gasteiger partial charge in [-0.05, 0) is 11.6 Å². The van der Waals surface area contributed by atoms with Crippen LogP contribution < -0.4 is 5.56 Å². The Morgan fingerprint density at radius 2 is 1.85 bits per heavy atom. The number of pyridine rings is 1. The van der Waals surface area contributed by atoms with E-state index in [1.54, 1.807) is 12.1 Å². The predicted molar refractivity (Wildman–Crippen MR) is 78.9 cm³/mol. The lowest BCUT2D eigenvalue weighted by atomic mass is 10.00. The maximum absolute atomic E-state index is 11.3. The number of carboxylic acid groups (broad SMARTS) is 1. The highest BCUT2D eigenvalue weighted by Crippen LogP contribution is 2.38. The molecule has 1 aromatic carbocycles. The summed E-state index contributed by atoms with van der Waals surface area (Å²) in [5.41, 5.74) is 0.965. The standard InChI is InChI=1S/C13H8Cl3NO3/c14-9-2-1-7(12(15)13(9)16)8-5-17-10(18)3-6(8)4-11(19)20/h1-3,5H,4H2,(H,17,18)(H,19,20). The second-order valence-electron chi connectivity index (χ2n) is 4.03. The summed E-state index contributed by atoms with van der Waals surface area (Å²) in [5.74, 6) is -1.05. The van der Waals surface area contributed by atoms with Crippen LogP contribution in [0.15, 0.2) is 29.2 Å². The SMILES string of the molecule is O=C(O)Cc1cc(=O)[nH]cc1-c1ccc(Cl)c(Cl)c1Cl. The largest absolute Gasteiger partial charge is 0.481 e. The van der Waals surface area contributed by atoms with Crippen molar-refractivity contribution in [1.29, 1.82) is 0 Å². The molecule has 0 unspecified atom stereocenters. The second kappa shape index (κ2) is 5.87. The van der Waals surface area contributed by atoms with Crippen molar-refractivity contribution in [3.05, 3.63) is 55.4 Å². The maximum atomic E-state index is 11.3. The monoisotopic (exact) mass is 331 g/mol. The summed E-state index contributed by atoms with van der Waals surface area (Å²) in [6.07, 6.45) is 1.11. The lowest BCUT2D eigenvalue weighted by Gasteiger charge is -2.11. The Hall–Kier alpha value is -1.49. The molecule has 1 heterocycles. The first-order chi connectivity index (χ1) is 9.40. The highest BCUT2D eigenvalue weighted by Gasteiger charge is 2.15. The number of H-pyrrole nitrogens is 1. The molecule has 7 heteroatoms. The van der Waals surface area contributed by atoms with Crippen LogP contribution in [-0.2, 0) is 11.2 Å². The molecule has 2 rings (SSSR count). The van der Waals surface area contributed by atoms with Gasteiger partial charge in [-0.1, -0.05) is 40.9 Å². The Kier molecular flexibility index (Phi) is 4.38. The van der Waals surface area contributed by atoms with E-state index in [2.05, 4.69) is 4.98 Å². The van der Waals surface area contributed by atoms with Gasteiger partial charge in [0.25, 0.3) is 0 Å². The number of nitrogens with one attached hydrogen (secondary N) is 1. The number of carboxylic acids is 1. The van der Waals surface area contributed by atoms with Crippen molar-refractivity contribution in [3.8, 4) is 11.1 Å². The molecule has 104 valence electrons. The summed E-state index contributed by atoms with van der Waals surface area (Å²) in [7, 11) is 0. The number of hydrogen-bond donors (Lipinski definition) is 2. The lowest BCUT2D eigenvalue weighted by molar-refractivity contribution is -0.136. The van der Waals surface area contributed by atoms with Crippen molar-refractivity contribution >= 4 is 40.8 Å². The minimum Gasteiger partial charge on any atom is -0.481 e. The first-order valence-corrected chi connectivity index (χ1v) is 6.61. The number of hydrogen-bond acceptors (Lipinski definition) is 2. The minimum absolute atomic E-state index is 0.179. The quantitative estimate of drug-likeness (QED) is 0.843. The predicted octanol–water partition coefficient (Wildman–Crippen LogP) is 3.63. The molecule has 0 spiro atoms. The smallest absolute Gasteiger partial charge is 0.307 e. The van der Waals surface area contributed by atoms with Crippen LogP contribution in [-0.4, -0.2) is 16.1 Å². The average Bonchev–Trinajstić information content (AvgIpc) is 2.37. The van der Waals surface area contributed by atoms with Gasteiger partial charge in [-0.2, -0.15) is 0 Å². The Morgan fingerprint density at radius 3 is 2.50 bits per heavy atom.